The largest absolute Gasteiger partial charge is 0.391 e. The zero-order valence-electron chi connectivity index (χ0n) is 9.41. The molecule has 4 N–H and O–H groups in total. The van der Waals surface area contributed by atoms with Crippen molar-refractivity contribution in [1.29, 1.82) is 0 Å². The Morgan fingerprint density at radius 3 is 2.80 bits per heavy atom. The zero-order valence-corrected chi connectivity index (χ0v) is 9.41. The van der Waals surface area contributed by atoms with Crippen molar-refractivity contribution in [2.24, 2.45) is 5.73 Å². The van der Waals surface area contributed by atoms with Gasteiger partial charge in [0.05, 0.1) is 18.2 Å². The fourth-order valence-corrected chi connectivity index (χ4v) is 2.01. The fraction of sp³-hybridized carbons (Fsp3) is 0.909. The second-order valence-corrected chi connectivity index (χ2v) is 4.36. The number of aliphatic hydroxyl groups is 1. The predicted molar refractivity (Wildman–Crippen MR) is 59.3 cm³/mol. The third-order valence-electron chi connectivity index (χ3n) is 2.99. The van der Waals surface area contributed by atoms with Gasteiger partial charge >= 0.3 is 0 Å². The Kier molecular flexibility index (Phi) is 5.05. The van der Waals surface area contributed by atoms with Crippen LogP contribution in [-0.2, 0) is 4.79 Å². The van der Waals surface area contributed by atoms with E-state index in [-0.39, 0.29) is 11.9 Å². The molecule has 0 aromatic heterocycles. The van der Waals surface area contributed by atoms with Gasteiger partial charge in [0.1, 0.15) is 0 Å². The van der Waals surface area contributed by atoms with Gasteiger partial charge in [-0.25, -0.2) is 0 Å². The van der Waals surface area contributed by atoms with Gasteiger partial charge in [0, 0.05) is 0 Å². The Labute approximate surface area is 91.2 Å². The van der Waals surface area contributed by atoms with Crippen molar-refractivity contribution >= 4 is 5.91 Å². The standard InChI is InChI=1S/C11H22N2O2/c1-2-5-8(12)11(15)13-9-6-3-4-7-10(9)14/h8-10,14H,2-7,12H2,1H3,(H,13,15)/t8-,9?,10?/m0/s1. The van der Waals surface area contributed by atoms with Gasteiger partial charge in [-0.3, -0.25) is 4.79 Å². The molecule has 4 heteroatoms. The SMILES string of the molecule is CCC[C@H](N)C(=O)NC1CCCCC1O. The first-order chi connectivity index (χ1) is 7.15. The van der Waals surface area contributed by atoms with Crippen LogP contribution in [0.4, 0.5) is 0 Å². The number of carbonyl (C=O) groups is 1. The van der Waals surface area contributed by atoms with Crippen molar-refractivity contribution in [2.45, 2.75) is 63.6 Å². The van der Waals surface area contributed by atoms with Gasteiger partial charge in [0.25, 0.3) is 0 Å². The number of amides is 1. The topological polar surface area (TPSA) is 75.4 Å². The van der Waals surface area contributed by atoms with Gasteiger partial charge in [0.15, 0.2) is 0 Å². The summed E-state index contributed by atoms with van der Waals surface area (Å²) in [7, 11) is 0. The van der Waals surface area contributed by atoms with Gasteiger partial charge in [-0.1, -0.05) is 26.2 Å². The summed E-state index contributed by atoms with van der Waals surface area (Å²) >= 11 is 0. The summed E-state index contributed by atoms with van der Waals surface area (Å²) in [5, 5.41) is 12.5. The molecule has 1 rings (SSSR count). The summed E-state index contributed by atoms with van der Waals surface area (Å²) in [6.07, 6.45) is 4.99. The van der Waals surface area contributed by atoms with Crippen LogP contribution >= 0.6 is 0 Å². The molecule has 2 unspecified atom stereocenters. The molecule has 0 heterocycles. The van der Waals surface area contributed by atoms with Crippen LogP contribution in [0.1, 0.15) is 45.4 Å². The van der Waals surface area contributed by atoms with Crippen LogP contribution in [0.2, 0.25) is 0 Å². The third-order valence-corrected chi connectivity index (χ3v) is 2.99. The van der Waals surface area contributed by atoms with Gasteiger partial charge in [-0.05, 0) is 19.3 Å². The first-order valence-corrected chi connectivity index (χ1v) is 5.89. The van der Waals surface area contributed by atoms with Gasteiger partial charge in [-0.15, -0.1) is 0 Å². The molecule has 0 spiro atoms. The molecule has 0 aromatic carbocycles. The third kappa shape index (κ3) is 3.80. The number of hydrogen-bond donors (Lipinski definition) is 3. The van der Waals surface area contributed by atoms with E-state index < -0.39 is 12.1 Å². The van der Waals surface area contributed by atoms with Crippen molar-refractivity contribution < 1.29 is 9.90 Å². The van der Waals surface area contributed by atoms with Crippen molar-refractivity contribution in [2.75, 3.05) is 0 Å². The lowest BCUT2D eigenvalue weighted by Gasteiger charge is -2.29. The van der Waals surface area contributed by atoms with Crippen molar-refractivity contribution in [3.63, 3.8) is 0 Å². The molecule has 1 aliphatic rings. The smallest absolute Gasteiger partial charge is 0.237 e. The van der Waals surface area contributed by atoms with Gasteiger partial charge in [0.2, 0.25) is 5.91 Å². The van der Waals surface area contributed by atoms with Crippen molar-refractivity contribution in [3.8, 4) is 0 Å². The number of aliphatic hydroxyl groups excluding tert-OH is 1. The minimum Gasteiger partial charge on any atom is -0.391 e. The average Bonchev–Trinajstić information content (AvgIpc) is 2.21. The van der Waals surface area contributed by atoms with Crippen LogP contribution < -0.4 is 11.1 Å². The number of hydrogen-bond acceptors (Lipinski definition) is 3. The maximum atomic E-state index is 11.6. The van der Waals surface area contributed by atoms with Gasteiger partial charge in [-0.2, -0.15) is 0 Å². The minimum absolute atomic E-state index is 0.0887. The molecule has 0 aromatic rings. The molecule has 0 radical (unpaired) electrons. The maximum Gasteiger partial charge on any atom is 0.237 e. The van der Waals surface area contributed by atoms with Crippen LogP contribution in [0.25, 0.3) is 0 Å². The minimum atomic E-state index is -0.427. The summed E-state index contributed by atoms with van der Waals surface area (Å²) in [4.78, 5) is 11.6. The Balaban J connectivity index is 2.35. The zero-order chi connectivity index (χ0) is 11.3. The first kappa shape index (κ1) is 12.5. The lowest BCUT2D eigenvalue weighted by molar-refractivity contribution is -0.124. The monoisotopic (exact) mass is 214 g/mol. The second-order valence-electron chi connectivity index (χ2n) is 4.36. The molecule has 15 heavy (non-hydrogen) atoms. The normalized spacial score (nSPS) is 28.5. The van der Waals surface area contributed by atoms with Crippen molar-refractivity contribution in [1.82, 2.24) is 5.32 Å². The summed E-state index contributed by atoms with van der Waals surface area (Å²) in [6, 6.07) is -0.515. The van der Waals surface area contributed by atoms with E-state index in [0.717, 1.165) is 32.1 Å². The lowest BCUT2D eigenvalue weighted by atomic mass is 9.92. The Bertz CT molecular complexity index is 209. The van der Waals surface area contributed by atoms with E-state index in [1.807, 2.05) is 6.92 Å². The lowest BCUT2D eigenvalue weighted by Crippen LogP contribution is -2.50. The molecule has 88 valence electrons. The molecule has 1 amide bonds. The molecule has 0 bridgehead atoms. The molecule has 1 aliphatic carbocycles. The van der Waals surface area contributed by atoms with Crippen LogP contribution in [0.15, 0.2) is 0 Å². The van der Waals surface area contributed by atoms with E-state index in [9.17, 15) is 9.90 Å². The maximum absolute atomic E-state index is 11.6. The fourth-order valence-electron chi connectivity index (χ4n) is 2.01. The first-order valence-electron chi connectivity index (χ1n) is 5.89. The second kappa shape index (κ2) is 6.08. The molecule has 1 fully saturated rings. The summed E-state index contributed by atoms with van der Waals surface area (Å²) in [6.45, 7) is 2.00. The van der Waals surface area contributed by atoms with E-state index in [1.165, 1.54) is 0 Å². The van der Waals surface area contributed by atoms with Gasteiger partial charge < -0.3 is 16.2 Å². The van der Waals surface area contributed by atoms with E-state index in [0.29, 0.717) is 6.42 Å². The molecule has 1 saturated carbocycles. The quantitative estimate of drug-likeness (QED) is 0.639. The van der Waals surface area contributed by atoms with E-state index in [4.69, 9.17) is 5.73 Å². The van der Waals surface area contributed by atoms with Crippen LogP contribution in [0.3, 0.4) is 0 Å². The number of nitrogens with two attached hydrogens (primary N) is 1. The highest BCUT2D eigenvalue weighted by Gasteiger charge is 2.25. The molecular formula is C11H22N2O2. The van der Waals surface area contributed by atoms with Crippen LogP contribution in [0.5, 0.6) is 0 Å². The Morgan fingerprint density at radius 2 is 2.20 bits per heavy atom. The molecule has 0 aliphatic heterocycles. The van der Waals surface area contributed by atoms with Crippen molar-refractivity contribution in [3.05, 3.63) is 0 Å². The number of carbonyl (C=O) groups excluding carboxylic acids is 1. The van der Waals surface area contributed by atoms with E-state index in [1.54, 1.807) is 0 Å². The number of nitrogens with one attached hydrogen (secondary N) is 1. The van der Waals surface area contributed by atoms with E-state index in [2.05, 4.69) is 5.32 Å². The summed E-state index contributed by atoms with van der Waals surface area (Å²) < 4.78 is 0. The molecule has 4 nitrogen and oxygen atoms in total. The summed E-state index contributed by atoms with van der Waals surface area (Å²) in [5.74, 6) is -0.122. The summed E-state index contributed by atoms with van der Waals surface area (Å²) in [5.41, 5.74) is 5.70. The highest BCUT2D eigenvalue weighted by atomic mass is 16.3. The highest BCUT2D eigenvalue weighted by Crippen LogP contribution is 2.18. The van der Waals surface area contributed by atoms with Crippen LogP contribution in [0, 0.1) is 0 Å². The highest BCUT2D eigenvalue weighted by molar-refractivity contribution is 5.81. The predicted octanol–water partition coefficient (Wildman–Crippen LogP) is 0.533. The Morgan fingerprint density at radius 1 is 1.53 bits per heavy atom. The average molecular weight is 214 g/mol. The molecule has 3 atom stereocenters. The van der Waals surface area contributed by atoms with E-state index >= 15 is 0 Å². The van der Waals surface area contributed by atoms with Crippen LogP contribution in [-0.4, -0.2) is 29.2 Å². The number of rotatable bonds is 4. The Hall–Kier alpha value is -0.610. The molecule has 0 saturated heterocycles. The molecular weight excluding hydrogens is 192 g/mol.